The monoisotopic (exact) mass is 308 g/mol. The van der Waals surface area contributed by atoms with Crippen molar-refractivity contribution in [3.8, 4) is 0 Å². The second kappa shape index (κ2) is 5.09. The highest BCUT2D eigenvalue weighted by Gasteiger charge is 2.18. The van der Waals surface area contributed by atoms with Crippen LogP contribution in [0.25, 0.3) is 0 Å². The number of halogens is 1. The second-order valence-electron chi connectivity index (χ2n) is 4.65. The minimum Gasteiger partial charge on any atom is -0.309 e. The van der Waals surface area contributed by atoms with Crippen LogP contribution in [-0.2, 0) is 23.1 Å². The first-order valence-electron chi connectivity index (χ1n) is 6.15. The van der Waals surface area contributed by atoms with Gasteiger partial charge in [0.05, 0.1) is 10.6 Å². The van der Waals surface area contributed by atoms with Crippen molar-refractivity contribution in [2.75, 3.05) is 4.72 Å². The molecule has 0 saturated heterocycles. The fourth-order valence-electron chi connectivity index (χ4n) is 2.20. The van der Waals surface area contributed by atoms with Gasteiger partial charge < -0.3 is 5.32 Å². The predicted octanol–water partition coefficient (Wildman–Crippen LogP) is 2.74. The summed E-state index contributed by atoms with van der Waals surface area (Å²) in [6, 6.07) is 11.8. The molecule has 1 heterocycles. The number of anilines is 1. The minimum atomic E-state index is -3.59. The molecule has 3 rings (SSSR count). The highest BCUT2D eigenvalue weighted by Crippen LogP contribution is 2.23. The Bertz CT molecular complexity index is 760. The van der Waals surface area contributed by atoms with Crippen LogP contribution in [0, 0.1) is 0 Å². The molecule has 0 saturated carbocycles. The summed E-state index contributed by atoms with van der Waals surface area (Å²) in [7, 11) is -3.59. The van der Waals surface area contributed by atoms with Gasteiger partial charge in [-0.2, -0.15) is 0 Å². The Kier molecular flexibility index (Phi) is 3.41. The number of hydrogen-bond acceptors (Lipinski definition) is 3. The van der Waals surface area contributed by atoms with Crippen molar-refractivity contribution in [1.29, 1.82) is 0 Å². The molecule has 2 aromatic rings. The van der Waals surface area contributed by atoms with Crippen LogP contribution in [0.15, 0.2) is 47.4 Å². The summed E-state index contributed by atoms with van der Waals surface area (Å²) in [5.41, 5.74) is 2.63. The Labute approximate surface area is 122 Å². The zero-order valence-corrected chi connectivity index (χ0v) is 12.1. The average molecular weight is 309 g/mol. The number of rotatable bonds is 3. The van der Waals surface area contributed by atoms with Gasteiger partial charge in [0, 0.05) is 18.1 Å². The summed E-state index contributed by atoms with van der Waals surface area (Å²) < 4.78 is 27.2. The van der Waals surface area contributed by atoms with Crippen molar-refractivity contribution >= 4 is 27.3 Å². The number of sulfonamides is 1. The normalized spacial score (nSPS) is 14.1. The maximum atomic E-state index is 12.3. The number of hydrogen-bond donors (Lipinski definition) is 2. The van der Waals surface area contributed by atoms with Crippen LogP contribution >= 0.6 is 11.6 Å². The minimum absolute atomic E-state index is 0.264. The molecule has 104 valence electrons. The van der Waals surface area contributed by atoms with Crippen molar-refractivity contribution in [3.63, 3.8) is 0 Å². The Morgan fingerprint density at radius 3 is 2.65 bits per heavy atom. The third-order valence-electron chi connectivity index (χ3n) is 3.20. The van der Waals surface area contributed by atoms with E-state index in [1.807, 2.05) is 6.07 Å². The van der Waals surface area contributed by atoms with Gasteiger partial charge in [0.1, 0.15) is 0 Å². The molecule has 0 fully saturated rings. The third-order valence-corrected chi connectivity index (χ3v) is 4.81. The molecule has 2 aromatic carbocycles. The number of benzene rings is 2. The zero-order valence-electron chi connectivity index (χ0n) is 10.6. The van der Waals surface area contributed by atoms with Crippen LogP contribution < -0.4 is 10.0 Å². The summed E-state index contributed by atoms with van der Waals surface area (Å²) in [6.07, 6.45) is 0. The van der Waals surface area contributed by atoms with E-state index in [1.165, 1.54) is 0 Å². The van der Waals surface area contributed by atoms with Gasteiger partial charge in [0.15, 0.2) is 0 Å². The molecule has 1 aliphatic rings. The molecule has 0 aliphatic carbocycles. The fourth-order valence-corrected chi connectivity index (χ4v) is 3.49. The topological polar surface area (TPSA) is 58.2 Å². The van der Waals surface area contributed by atoms with Crippen LogP contribution in [0.1, 0.15) is 11.1 Å². The van der Waals surface area contributed by atoms with Gasteiger partial charge in [-0.15, -0.1) is 0 Å². The van der Waals surface area contributed by atoms with Gasteiger partial charge >= 0.3 is 0 Å². The van der Waals surface area contributed by atoms with Crippen LogP contribution in [0.5, 0.6) is 0 Å². The van der Waals surface area contributed by atoms with Crippen molar-refractivity contribution in [2.24, 2.45) is 0 Å². The van der Waals surface area contributed by atoms with Crippen molar-refractivity contribution in [1.82, 2.24) is 5.32 Å². The lowest BCUT2D eigenvalue weighted by atomic mass is 10.1. The maximum absolute atomic E-state index is 12.3. The van der Waals surface area contributed by atoms with Crippen LogP contribution in [-0.4, -0.2) is 8.42 Å². The van der Waals surface area contributed by atoms with E-state index in [9.17, 15) is 8.42 Å². The Morgan fingerprint density at radius 1 is 1.05 bits per heavy atom. The summed E-state index contributed by atoms with van der Waals surface area (Å²) in [6.45, 7) is 1.49. The third kappa shape index (κ3) is 2.65. The Balaban J connectivity index is 1.92. The molecule has 0 bridgehead atoms. The summed E-state index contributed by atoms with van der Waals surface area (Å²) >= 11 is 5.85. The van der Waals surface area contributed by atoms with E-state index in [4.69, 9.17) is 11.6 Å². The smallest absolute Gasteiger partial charge is 0.261 e. The molecule has 4 nitrogen and oxygen atoms in total. The van der Waals surface area contributed by atoms with E-state index in [2.05, 4.69) is 10.0 Å². The summed E-state index contributed by atoms with van der Waals surface area (Å²) in [5, 5.41) is 3.68. The first kappa shape index (κ1) is 13.4. The zero-order chi connectivity index (χ0) is 14.2. The highest BCUT2D eigenvalue weighted by atomic mass is 35.5. The molecule has 0 radical (unpaired) electrons. The standard InChI is InChI=1S/C14H13ClN2O2S/c15-12-2-1-3-13(7-12)17-20(18,19)14-5-4-10-8-16-9-11(10)6-14/h1-7,16-17H,8-9H2. The average Bonchev–Trinajstić information content (AvgIpc) is 2.85. The van der Waals surface area contributed by atoms with E-state index in [1.54, 1.807) is 36.4 Å². The van der Waals surface area contributed by atoms with E-state index < -0.39 is 10.0 Å². The Morgan fingerprint density at radius 2 is 1.85 bits per heavy atom. The van der Waals surface area contributed by atoms with E-state index in [0.29, 0.717) is 17.3 Å². The SMILES string of the molecule is O=S(=O)(Nc1cccc(Cl)c1)c1ccc2c(c1)CNC2. The van der Waals surface area contributed by atoms with Crippen molar-refractivity contribution in [3.05, 3.63) is 58.6 Å². The van der Waals surface area contributed by atoms with Gasteiger partial charge in [-0.1, -0.05) is 23.7 Å². The van der Waals surface area contributed by atoms with Gasteiger partial charge in [-0.05, 0) is 41.5 Å². The molecule has 0 unspecified atom stereocenters. The molecular formula is C14H13ClN2O2S. The quantitative estimate of drug-likeness (QED) is 0.916. The largest absolute Gasteiger partial charge is 0.309 e. The highest BCUT2D eigenvalue weighted by molar-refractivity contribution is 7.92. The molecule has 20 heavy (non-hydrogen) atoms. The lowest BCUT2D eigenvalue weighted by Crippen LogP contribution is -2.13. The first-order chi connectivity index (χ1) is 9.54. The molecule has 1 aliphatic heterocycles. The molecule has 0 amide bonds. The van der Waals surface area contributed by atoms with Crippen molar-refractivity contribution < 1.29 is 8.42 Å². The van der Waals surface area contributed by atoms with Crippen LogP contribution in [0.3, 0.4) is 0 Å². The summed E-state index contributed by atoms with van der Waals surface area (Å²) in [5.74, 6) is 0. The first-order valence-corrected chi connectivity index (χ1v) is 8.02. The van der Waals surface area contributed by atoms with Gasteiger partial charge in [0.25, 0.3) is 10.0 Å². The fraction of sp³-hybridized carbons (Fsp3) is 0.143. The predicted molar refractivity (Wildman–Crippen MR) is 79.2 cm³/mol. The van der Waals surface area contributed by atoms with E-state index in [0.717, 1.165) is 17.7 Å². The second-order valence-corrected chi connectivity index (χ2v) is 6.77. The van der Waals surface area contributed by atoms with Gasteiger partial charge in [-0.25, -0.2) is 8.42 Å². The maximum Gasteiger partial charge on any atom is 0.261 e. The lowest BCUT2D eigenvalue weighted by molar-refractivity contribution is 0.601. The van der Waals surface area contributed by atoms with Crippen LogP contribution in [0.4, 0.5) is 5.69 Å². The van der Waals surface area contributed by atoms with Gasteiger partial charge in [0.2, 0.25) is 0 Å². The molecule has 0 spiro atoms. The molecule has 2 N–H and O–H groups in total. The van der Waals surface area contributed by atoms with Gasteiger partial charge in [-0.3, -0.25) is 4.72 Å². The van der Waals surface area contributed by atoms with E-state index >= 15 is 0 Å². The number of nitrogens with one attached hydrogen (secondary N) is 2. The number of fused-ring (bicyclic) bond motifs is 1. The molecular weight excluding hydrogens is 296 g/mol. The molecule has 0 aromatic heterocycles. The molecule has 0 atom stereocenters. The lowest BCUT2D eigenvalue weighted by Gasteiger charge is -2.09. The van der Waals surface area contributed by atoms with Crippen molar-refractivity contribution in [2.45, 2.75) is 18.0 Å². The van der Waals surface area contributed by atoms with E-state index in [-0.39, 0.29) is 4.90 Å². The molecule has 6 heteroatoms. The Hall–Kier alpha value is -1.56. The summed E-state index contributed by atoms with van der Waals surface area (Å²) in [4.78, 5) is 0.264. The van der Waals surface area contributed by atoms with Crippen LogP contribution in [0.2, 0.25) is 5.02 Å².